The molecule has 0 spiro atoms. The van der Waals surface area contributed by atoms with Gasteiger partial charge in [-0.2, -0.15) is 0 Å². The van der Waals surface area contributed by atoms with Gasteiger partial charge in [-0.3, -0.25) is 0 Å². The van der Waals surface area contributed by atoms with E-state index >= 15 is 0 Å². The van der Waals surface area contributed by atoms with Crippen LogP contribution >= 0.6 is 0 Å². The predicted octanol–water partition coefficient (Wildman–Crippen LogP) is 5.87. The van der Waals surface area contributed by atoms with Gasteiger partial charge in [-0.15, -0.1) is 0 Å². The fourth-order valence-electron chi connectivity index (χ4n) is 3.44. The predicted molar refractivity (Wildman–Crippen MR) is 92.8 cm³/mol. The second kappa shape index (κ2) is 9.07. The van der Waals surface area contributed by atoms with Crippen LogP contribution in [0.3, 0.4) is 0 Å². The molecule has 0 heterocycles. The highest BCUT2D eigenvalue weighted by atomic mass is 14.7. The topological polar surface area (TPSA) is 26.0 Å². The van der Waals surface area contributed by atoms with E-state index in [2.05, 4.69) is 55.4 Å². The lowest BCUT2D eigenvalue weighted by atomic mass is 9.75. The van der Waals surface area contributed by atoms with Crippen molar-refractivity contribution in [1.29, 1.82) is 0 Å². The molecule has 0 aliphatic rings. The summed E-state index contributed by atoms with van der Waals surface area (Å²) in [5, 5.41) is 0. The quantitative estimate of drug-likeness (QED) is 0.532. The van der Waals surface area contributed by atoms with Crippen LogP contribution in [0.1, 0.15) is 87.5 Å². The van der Waals surface area contributed by atoms with Crippen LogP contribution in [0.2, 0.25) is 0 Å². The van der Waals surface area contributed by atoms with Crippen LogP contribution in [0.15, 0.2) is 0 Å². The summed E-state index contributed by atoms with van der Waals surface area (Å²) >= 11 is 0. The second-order valence-corrected chi connectivity index (χ2v) is 7.98. The van der Waals surface area contributed by atoms with Crippen LogP contribution in [0.5, 0.6) is 0 Å². The van der Waals surface area contributed by atoms with Gasteiger partial charge in [0.25, 0.3) is 0 Å². The molecule has 122 valence electrons. The van der Waals surface area contributed by atoms with Crippen molar-refractivity contribution in [2.45, 2.75) is 93.0 Å². The van der Waals surface area contributed by atoms with Gasteiger partial charge in [0.2, 0.25) is 0 Å². The van der Waals surface area contributed by atoms with Crippen molar-refractivity contribution in [3.05, 3.63) is 0 Å². The lowest BCUT2D eigenvalue weighted by Crippen LogP contribution is -2.43. The first-order valence-electron chi connectivity index (χ1n) is 8.93. The molecule has 1 nitrogen and oxygen atoms in total. The van der Waals surface area contributed by atoms with Gasteiger partial charge < -0.3 is 5.73 Å². The molecule has 0 fully saturated rings. The Hall–Kier alpha value is -0.0400. The third-order valence-corrected chi connectivity index (χ3v) is 5.87. The van der Waals surface area contributed by atoms with Crippen molar-refractivity contribution in [2.75, 3.05) is 0 Å². The largest absolute Gasteiger partial charge is 0.325 e. The molecule has 4 unspecified atom stereocenters. The van der Waals surface area contributed by atoms with Crippen LogP contribution in [-0.2, 0) is 0 Å². The van der Waals surface area contributed by atoms with Crippen molar-refractivity contribution in [2.24, 2.45) is 35.3 Å². The summed E-state index contributed by atoms with van der Waals surface area (Å²) < 4.78 is 0. The maximum Gasteiger partial charge on any atom is 0.0125 e. The number of rotatable bonds is 10. The third kappa shape index (κ3) is 6.61. The van der Waals surface area contributed by atoms with Crippen LogP contribution < -0.4 is 5.73 Å². The smallest absolute Gasteiger partial charge is 0.0125 e. The van der Waals surface area contributed by atoms with Crippen LogP contribution in [-0.4, -0.2) is 5.54 Å². The van der Waals surface area contributed by atoms with E-state index in [1.54, 1.807) is 0 Å². The van der Waals surface area contributed by atoms with Crippen LogP contribution in [0.4, 0.5) is 0 Å². The van der Waals surface area contributed by atoms with E-state index in [-0.39, 0.29) is 5.54 Å². The van der Waals surface area contributed by atoms with Crippen molar-refractivity contribution < 1.29 is 0 Å². The molecule has 2 N–H and O–H groups in total. The van der Waals surface area contributed by atoms with E-state index < -0.39 is 0 Å². The Morgan fingerprint density at radius 3 is 1.65 bits per heavy atom. The normalized spacial score (nSPS) is 18.9. The number of hydrogen-bond acceptors (Lipinski definition) is 1. The van der Waals surface area contributed by atoms with E-state index in [0.717, 1.165) is 23.7 Å². The Morgan fingerprint density at radius 1 is 0.850 bits per heavy atom. The first kappa shape index (κ1) is 20.0. The monoisotopic (exact) mass is 283 g/mol. The van der Waals surface area contributed by atoms with Crippen molar-refractivity contribution in [3.8, 4) is 0 Å². The molecule has 0 aromatic heterocycles. The Morgan fingerprint density at radius 2 is 1.30 bits per heavy atom. The van der Waals surface area contributed by atoms with Crippen LogP contribution in [0, 0.1) is 29.6 Å². The fraction of sp³-hybridized carbons (Fsp3) is 1.00. The number of hydrogen-bond donors (Lipinski definition) is 1. The minimum Gasteiger partial charge on any atom is -0.325 e. The van der Waals surface area contributed by atoms with Gasteiger partial charge in [-0.25, -0.2) is 0 Å². The molecule has 0 radical (unpaired) electrons. The van der Waals surface area contributed by atoms with Gasteiger partial charge in [0.05, 0.1) is 0 Å². The Labute approximate surface area is 129 Å². The summed E-state index contributed by atoms with van der Waals surface area (Å²) in [6, 6.07) is 0. The summed E-state index contributed by atoms with van der Waals surface area (Å²) in [6.07, 6.45) is 6.70. The molecular formula is C19H41N. The highest BCUT2D eigenvalue weighted by Gasteiger charge is 2.27. The molecule has 0 saturated carbocycles. The second-order valence-electron chi connectivity index (χ2n) is 7.98. The molecule has 20 heavy (non-hydrogen) atoms. The highest BCUT2D eigenvalue weighted by Crippen LogP contribution is 2.32. The maximum absolute atomic E-state index is 6.30. The van der Waals surface area contributed by atoms with Gasteiger partial charge in [-0.05, 0) is 43.4 Å². The zero-order valence-corrected chi connectivity index (χ0v) is 15.5. The van der Waals surface area contributed by atoms with Crippen molar-refractivity contribution >= 4 is 0 Å². The minimum absolute atomic E-state index is 0.0456. The lowest BCUT2D eigenvalue weighted by molar-refractivity contribution is 0.200. The average molecular weight is 284 g/mol. The zero-order chi connectivity index (χ0) is 15.9. The van der Waals surface area contributed by atoms with Gasteiger partial charge >= 0.3 is 0 Å². The van der Waals surface area contributed by atoms with Gasteiger partial charge in [0, 0.05) is 5.54 Å². The molecule has 4 atom stereocenters. The fourth-order valence-corrected chi connectivity index (χ4v) is 3.44. The van der Waals surface area contributed by atoms with Crippen LogP contribution in [0.25, 0.3) is 0 Å². The summed E-state index contributed by atoms with van der Waals surface area (Å²) in [7, 11) is 0. The Bertz CT molecular complexity index is 239. The minimum atomic E-state index is -0.0456. The zero-order valence-electron chi connectivity index (χ0n) is 15.5. The summed E-state index contributed by atoms with van der Waals surface area (Å²) in [5.41, 5.74) is 6.26. The van der Waals surface area contributed by atoms with Gasteiger partial charge in [-0.1, -0.05) is 73.6 Å². The number of nitrogens with two attached hydrogens (primary N) is 1. The molecular weight excluding hydrogens is 242 g/mol. The molecule has 1 heteroatoms. The van der Waals surface area contributed by atoms with Gasteiger partial charge in [0.15, 0.2) is 0 Å². The molecule has 0 saturated heterocycles. The SMILES string of the molecule is CCC(CCCC(CC)C(C)C(C)(C)N)C(C)C(C)C. The van der Waals surface area contributed by atoms with Crippen molar-refractivity contribution in [3.63, 3.8) is 0 Å². The standard InChI is InChI=1S/C19H41N/c1-9-17(15(5)14(3)4)12-11-13-18(10-2)16(6)19(7,8)20/h14-18H,9-13,20H2,1-8H3. The van der Waals surface area contributed by atoms with E-state index in [9.17, 15) is 0 Å². The van der Waals surface area contributed by atoms with Crippen molar-refractivity contribution in [1.82, 2.24) is 0 Å². The molecule has 0 amide bonds. The third-order valence-electron chi connectivity index (χ3n) is 5.87. The molecule has 0 aromatic carbocycles. The Kier molecular flexibility index (Phi) is 9.06. The molecule has 0 rings (SSSR count). The Balaban J connectivity index is 4.31. The highest BCUT2D eigenvalue weighted by molar-refractivity contribution is 4.84. The summed E-state index contributed by atoms with van der Waals surface area (Å²) in [4.78, 5) is 0. The summed E-state index contributed by atoms with van der Waals surface area (Å²) in [6.45, 7) is 18.5. The lowest BCUT2D eigenvalue weighted by Gasteiger charge is -2.34. The average Bonchev–Trinajstić information content (AvgIpc) is 2.36. The van der Waals surface area contributed by atoms with E-state index in [4.69, 9.17) is 5.73 Å². The van der Waals surface area contributed by atoms with E-state index in [1.807, 2.05) is 0 Å². The molecule has 0 bridgehead atoms. The first-order valence-corrected chi connectivity index (χ1v) is 8.93. The van der Waals surface area contributed by atoms with Gasteiger partial charge in [0.1, 0.15) is 0 Å². The first-order chi connectivity index (χ1) is 9.15. The molecule has 0 aliphatic carbocycles. The van der Waals surface area contributed by atoms with E-state index in [0.29, 0.717) is 5.92 Å². The van der Waals surface area contributed by atoms with E-state index in [1.165, 1.54) is 32.1 Å². The molecule has 0 aliphatic heterocycles. The molecule has 0 aromatic rings. The maximum atomic E-state index is 6.30. The summed E-state index contributed by atoms with van der Waals surface area (Å²) in [5.74, 6) is 3.94.